The predicted molar refractivity (Wildman–Crippen MR) is 87.3 cm³/mol. The molecular formula is C16H24N2O3S. The smallest absolute Gasteiger partial charge is 0.409 e. The summed E-state index contributed by atoms with van der Waals surface area (Å²) in [7, 11) is 1.38. The van der Waals surface area contributed by atoms with Crippen molar-refractivity contribution in [1.82, 2.24) is 10.2 Å². The van der Waals surface area contributed by atoms with E-state index < -0.39 is 0 Å². The van der Waals surface area contributed by atoms with E-state index in [-0.39, 0.29) is 18.0 Å². The van der Waals surface area contributed by atoms with E-state index in [0.717, 1.165) is 19.3 Å². The molecule has 0 saturated carbocycles. The molecule has 1 N–H and O–H groups in total. The lowest BCUT2D eigenvalue weighted by Crippen LogP contribution is -2.38. The molecule has 0 aliphatic carbocycles. The highest BCUT2D eigenvalue weighted by Gasteiger charge is 2.27. The molecule has 1 aliphatic heterocycles. The van der Waals surface area contributed by atoms with Crippen molar-refractivity contribution in [1.29, 1.82) is 0 Å². The molecule has 6 heteroatoms. The first-order valence-corrected chi connectivity index (χ1v) is 8.49. The zero-order valence-corrected chi connectivity index (χ0v) is 14.3. The monoisotopic (exact) mass is 324 g/mol. The van der Waals surface area contributed by atoms with Crippen molar-refractivity contribution in [3.8, 4) is 0 Å². The van der Waals surface area contributed by atoms with Gasteiger partial charge in [0.2, 0.25) is 5.91 Å². The molecule has 0 unspecified atom stereocenters. The Morgan fingerprint density at radius 2 is 2.23 bits per heavy atom. The first-order chi connectivity index (χ1) is 10.5. The third-order valence-electron chi connectivity index (χ3n) is 3.98. The number of nitrogens with zero attached hydrogens (tertiary/aromatic N) is 1. The van der Waals surface area contributed by atoms with Gasteiger partial charge < -0.3 is 15.0 Å². The number of hydrogen-bond acceptors (Lipinski definition) is 4. The molecule has 2 heterocycles. The van der Waals surface area contributed by atoms with Crippen molar-refractivity contribution in [2.24, 2.45) is 0 Å². The Kier molecular flexibility index (Phi) is 5.83. The zero-order chi connectivity index (χ0) is 16.1. The maximum Gasteiger partial charge on any atom is 0.409 e. The van der Waals surface area contributed by atoms with Crippen molar-refractivity contribution in [3.63, 3.8) is 0 Å². The van der Waals surface area contributed by atoms with Gasteiger partial charge in [0.05, 0.1) is 7.11 Å². The fourth-order valence-electron chi connectivity index (χ4n) is 2.84. The van der Waals surface area contributed by atoms with Crippen LogP contribution in [0.5, 0.6) is 0 Å². The van der Waals surface area contributed by atoms with Gasteiger partial charge in [-0.15, -0.1) is 11.3 Å². The molecular weight excluding hydrogens is 300 g/mol. The van der Waals surface area contributed by atoms with Gasteiger partial charge in [-0.3, -0.25) is 4.79 Å². The van der Waals surface area contributed by atoms with Gasteiger partial charge >= 0.3 is 6.09 Å². The van der Waals surface area contributed by atoms with Crippen LogP contribution in [0.25, 0.3) is 0 Å². The minimum Gasteiger partial charge on any atom is -0.453 e. The zero-order valence-electron chi connectivity index (χ0n) is 13.5. The van der Waals surface area contributed by atoms with E-state index in [9.17, 15) is 9.59 Å². The van der Waals surface area contributed by atoms with E-state index in [2.05, 4.69) is 30.0 Å². The van der Waals surface area contributed by atoms with Crippen LogP contribution in [0.2, 0.25) is 0 Å². The van der Waals surface area contributed by atoms with Gasteiger partial charge in [0, 0.05) is 35.3 Å². The Morgan fingerprint density at radius 3 is 2.86 bits per heavy atom. The topological polar surface area (TPSA) is 58.6 Å². The van der Waals surface area contributed by atoms with Gasteiger partial charge in [-0.25, -0.2) is 4.79 Å². The van der Waals surface area contributed by atoms with Gasteiger partial charge in [0.25, 0.3) is 0 Å². The summed E-state index contributed by atoms with van der Waals surface area (Å²) in [5.41, 5.74) is 1.35. The van der Waals surface area contributed by atoms with Gasteiger partial charge in [0.15, 0.2) is 0 Å². The molecule has 122 valence electrons. The summed E-state index contributed by atoms with van der Waals surface area (Å²) in [5.74, 6) is 0.0707. The highest BCUT2D eigenvalue weighted by Crippen LogP contribution is 2.22. The summed E-state index contributed by atoms with van der Waals surface area (Å²) in [6.07, 6.45) is 2.81. The van der Waals surface area contributed by atoms with E-state index in [0.29, 0.717) is 19.5 Å². The van der Waals surface area contributed by atoms with Gasteiger partial charge in [-0.2, -0.15) is 0 Å². The van der Waals surface area contributed by atoms with Crippen LogP contribution in [-0.2, 0) is 16.0 Å². The SMILES string of the molecule is COC(=O)N1CC[C@H](NC(=O)CCCc2cc(C)sc2C)C1. The second-order valence-electron chi connectivity index (χ2n) is 5.76. The lowest BCUT2D eigenvalue weighted by atomic mass is 10.1. The third kappa shape index (κ3) is 4.47. The average Bonchev–Trinajstić information content (AvgIpc) is 3.05. The summed E-state index contributed by atoms with van der Waals surface area (Å²) in [4.78, 5) is 27.7. The van der Waals surface area contributed by atoms with Crippen LogP contribution in [0.1, 0.15) is 34.6 Å². The molecule has 0 bridgehead atoms. The molecule has 2 rings (SSSR count). The molecule has 2 amide bonds. The summed E-state index contributed by atoms with van der Waals surface area (Å²) in [6, 6.07) is 2.26. The quantitative estimate of drug-likeness (QED) is 0.906. The van der Waals surface area contributed by atoms with Gasteiger partial charge in [0.1, 0.15) is 0 Å². The Labute approximate surface area is 135 Å². The molecule has 1 aromatic rings. The Hall–Kier alpha value is -1.56. The summed E-state index contributed by atoms with van der Waals surface area (Å²) < 4.78 is 4.69. The van der Waals surface area contributed by atoms with Crippen LogP contribution in [0.4, 0.5) is 4.79 Å². The standard InChI is InChI=1S/C16H24N2O3S/c1-11-9-13(12(2)22-11)5-4-6-15(19)17-14-7-8-18(10-14)16(20)21-3/h9,14H,4-8,10H2,1-3H3,(H,17,19)/t14-/m0/s1. The van der Waals surface area contributed by atoms with Gasteiger partial charge in [-0.1, -0.05) is 0 Å². The van der Waals surface area contributed by atoms with Crippen LogP contribution in [0.3, 0.4) is 0 Å². The largest absolute Gasteiger partial charge is 0.453 e. The Morgan fingerprint density at radius 1 is 1.45 bits per heavy atom. The first kappa shape index (κ1) is 16.8. The number of methoxy groups -OCH3 is 1. The van der Waals surface area contributed by atoms with Crippen molar-refractivity contribution in [2.45, 2.75) is 45.6 Å². The van der Waals surface area contributed by atoms with Gasteiger partial charge in [-0.05, 0) is 44.7 Å². The summed E-state index contributed by atoms with van der Waals surface area (Å²) >= 11 is 1.81. The normalized spacial score (nSPS) is 17.6. The first-order valence-electron chi connectivity index (χ1n) is 7.67. The van der Waals surface area contributed by atoms with Crippen LogP contribution >= 0.6 is 11.3 Å². The molecule has 1 aliphatic rings. The number of amides is 2. The number of rotatable bonds is 5. The molecule has 1 atom stereocenters. The van der Waals surface area contributed by atoms with Crippen molar-refractivity contribution >= 4 is 23.3 Å². The van der Waals surface area contributed by atoms with E-state index >= 15 is 0 Å². The van der Waals surface area contributed by atoms with Crippen LogP contribution in [0, 0.1) is 13.8 Å². The second kappa shape index (κ2) is 7.63. The Balaban J connectivity index is 1.68. The molecule has 5 nitrogen and oxygen atoms in total. The number of nitrogens with one attached hydrogen (secondary N) is 1. The molecule has 0 radical (unpaired) electrons. The third-order valence-corrected chi connectivity index (χ3v) is 4.99. The van der Waals surface area contributed by atoms with Crippen molar-refractivity contribution < 1.29 is 14.3 Å². The highest BCUT2D eigenvalue weighted by atomic mass is 32.1. The molecule has 0 spiro atoms. The maximum absolute atomic E-state index is 12.0. The highest BCUT2D eigenvalue weighted by molar-refractivity contribution is 7.12. The Bertz CT molecular complexity index is 541. The number of aryl methyl sites for hydroxylation is 3. The molecule has 0 aromatic carbocycles. The minimum absolute atomic E-state index is 0.0525. The second-order valence-corrected chi connectivity index (χ2v) is 7.22. The van der Waals surface area contributed by atoms with Crippen molar-refractivity contribution in [2.75, 3.05) is 20.2 Å². The van der Waals surface area contributed by atoms with Crippen LogP contribution < -0.4 is 5.32 Å². The van der Waals surface area contributed by atoms with E-state index in [4.69, 9.17) is 0 Å². The predicted octanol–water partition coefficient (Wildman–Crippen LogP) is 2.64. The average molecular weight is 324 g/mol. The van der Waals surface area contributed by atoms with E-state index in [1.54, 1.807) is 4.90 Å². The lowest BCUT2D eigenvalue weighted by molar-refractivity contribution is -0.121. The number of carbonyl (C=O) groups excluding carboxylic acids is 2. The van der Waals surface area contributed by atoms with E-state index in [1.165, 1.54) is 22.4 Å². The van der Waals surface area contributed by atoms with E-state index in [1.807, 2.05) is 11.3 Å². The summed E-state index contributed by atoms with van der Waals surface area (Å²) in [5, 5.41) is 3.01. The summed E-state index contributed by atoms with van der Waals surface area (Å²) in [6.45, 7) is 5.43. The number of ether oxygens (including phenoxy) is 1. The molecule has 1 fully saturated rings. The van der Waals surface area contributed by atoms with Crippen molar-refractivity contribution in [3.05, 3.63) is 21.4 Å². The molecule has 1 aromatic heterocycles. The van der Waals surface area contributed by atoms with Crippen LogP contribution in [0.15, 0.2) is 6.07 Å². The molecule has 22 heavy (non-hydrogen) atoms. The molecule has 1 saturated heterocycles. The number of hydrogen-bond donors (Lipinski definition) is 1. The minimum atomic E-state index is -0.319. The van der Waals surface area contributed by atoms with Crippen LogP contribution in [-0.4, -0.2) is 43.1 Å². The fraction of sp³-hybridized carbons (Fsp3) is 0.625. The lowest BCUT2D eigenvalue weighted by Gasteiger charge is -2.15. The maximum atomic E-state index is 12.0. The number of likely N-dealkylation sites (tertiary alicyclic amines) is 1. The number of thiophene rings is 1. The fourth-order valence-corrected chi connectivity index (χ4v) is 3.82. The number of carbonyl (C=O) groups is 2.